The lowest BCUT2D eigenvalue weighted by Gasteiger charge is -2.43. The molecule has 3 N–H and O–H groups in total. The number of hydrogen-bond acceptors (Lipinski definition) is 6. The quantitative estimate of drug-likeness (QED) is 0.499. The minimum Gasteiger partial charge on any atom is -0.375 e. The lowest BCUT2D eigenvalue weighted by Crippen LogP contribution is -2.59. The summed E-state index contributed by atoms with van der Waals surface area (Å²) >= 11 is 0. The number of methoxy groups -OCH3 is 2. The average Bonchev–Trinajstić information content (AvgIpc) is 3.63. The van der Waals surface area contributed by atoms with Crippen molar-refractivity contribution in [2.75, 3.05) is 47.1 Å². The molecule has 0 aromatic heterocycles. The van der Waals surface area contributed by atoms with Gasteiger partial charge in [-0.3, -0.25) is 14.4 Å². The summed E-state index contributed by atoms with van der Waals surface area (Å²) in [5.74, 6) is 0.704. The highest BCUT2D eigenvalue weighted by atomic mass is 16.5. The maximum absolute atomic E-state index is 13.2. The number of nitrogens with two attached hydrogens (primary N) is 1. The number of piperidine rings is 1. The number of carbonyl (C=O) groups is 3. The van der Waals surface area contributed by atoms with Gasteiger partial charge in [0.15, 0.2) is 0 Å². The molecule has 1 aliphatic heterocycles. The van der Waals surface area contributed by atoms with Crippen molar-refractivity contribution in [1.29, 1.82) is 0 Å². The van der Waals surface area contributed by atoms with Gasteiger partial charge in [-0.25, -0.2) is 0 Å². The van der Waals surface area contributed by atoms with Gasteiger partial charge < -0.3 is 30.3 Å². The number of nitrogens with one attached hydrogen (secondary N) is 1. The van der Waals surface area contributed by atoms with E-state index < -0.39 is 6.04 Å². The first-order valence-corrected chi connectivity index (χ1v) is 12.0. The number of nitrogens with zero attached hydrogens (tertiary/aromatic N) is 2. The van der Waals surface area contributed by atoms with Crippen molar-refractivity contribution in [2.24, 2.45) is 17.6 Å². The van der Waals surface area contributed by atoms with Crippen LogP contribution in [0.15, 0.2) is 0 Å². The van der Waals surface area contributed by atoms with E-state index in [1.807, 2.05) is 4.90 Å². The summed E-state index contributed by atoms with van der Waals surface area (Å²) < 4.78 is 10.1. The summed E-state index contributed by atoms with van der Waals surface area (Å²) in [7, 11) is 3.00. The first kappa shape index (κ1) is 24.9. The van der Waals surface area contributed by atoms with Gasteiger partial charge in [-0.1, -0.05) is 0 Å². The molecule has 9 nitrogen and oxygen atoms in total. The Labute approximate surface area is 191 Å². The minimum absolute atomic E-state index is 0.0347. The average molecular weight is 453 g/mol. The van der Waals surface area contributed by atoms with Crippen molar-refractivity contribution in [3.63, 3.8) is 0 Å². The van der Waals surface area contributed by atoms with Gasteiger partial charge in [0.25, 0.3) is 0 Å². The number of amides is 3. The Bertz CT molecular complexity index is 648. The summed E-state index contributed by atoms with van der Waals surface area (Å²) in [5.41, 5.74) is 5.79. The second kappa shape index (κ2) is 12.0. The number of carbonyl (C=O) groups excluding carboxylic acids is 3. The fourth-order valence-corrected chi connectivity index (χ4v) is 5.24. The Hall–Kier alpha value is -1.71. The van der Waals surface area contributed by atoms with Crippen LogP contribution in [0.25, 0.3) is 0 Å². The van der Waals surface area contributed by atoms with Gasteiger partial charge in [-0.05, 0) is 69.7 Å². The van der Waals surface area contributed by atoms with E-state index in [2.05, 4.69) is 5.32 Å². The van der Waals surface area contributed by atoms with E-state index >= 15 is 0 Å². The van der Waals surface area contributed by atoms with Crippen LogP contribution in [0.2, 0.25) is 0 Å². The van der Waals surface area contributed by atoms with Crippen LogP contribution in [0, 0.1) is 11.8 Å². The van der Waals surface area contributed by atoms with Crippen LogP contribution in [-0.4, -0.2) is 92.7 Å². The van der Waals surface area contributed by atoms with Crippen molar-refractivity contribution in [1.82, 2.24) is 15.1 Å². The molecule has 2 atom stereocenters. The molecule has 3 aliphatic rings. The van der Waals surface area contributed by atoms with Crippen LogP contribution in [0.5, 0.6) is 0 Å². The predicted octanol–water partition coefficient (Wildman–Crippen LogP) is 0.511. The van der Waals surface area contributed by atoms with Gasteiger partial charge in [0.1, 0.15) is 19.3 Å². The molecule has 0 spiro atoms. The van der Waals surface area contributed by atoms with Crippen LogP contribution in [-0.2, 0) is 23.9 Å². The zero-order valence-corrected chi connectivity index (χ0v) is 19.6. The van der Waals surface area contributed by atoms with Crippen LogP contribution in [0.1, 0.15) is 51.4 Å². The summed E-state index contributed by atoms with van der Waals surface area (Å²) in [5, 5.41) is 3.11. The number of likely N-dealkylation sites (tertiary alicyclic amines) is 1. The van der Waals surface area contributed by atoms with E-state index in [9.17, 15) is 14.4 Å². The maximum atomic E-state index is 13.2. The lowest BCUT2D eigenvalue weighted by molar-refractivity contribution is -0.149. The Morgan fingerprint density at radius 3 is 2.19 bits per heavy atom. The second-order valence-corrected chi connectivity index (χ2v) is 9.55. The van der Waals surface area contributed by atoms with E-state index in [-0.39, 0.29) is 43.0 Å². The third kappa shape index (κ3) is 6.42. The highest BCUT2D eigenvalue weighted by Gasteiger charge is 2.43. The molecule has 3 amide bonds. The third-order valence-corrected chi connectivity index (χ3v) is 7.22. The SMILES string of the molecule is COCC(=O)N(C1CC1)C1CCN(C(=O)COC)[C@@H](C(=O)NCC2CCC(CN)CC2)C1. The smallest absolute Gasteiger partial charge is 0.249 e. The van der Waals surface area contributed by atoms with Crippen LogP contribution >= 0.6 is 0 Å². The van der Waals surface area contributed by atoms with E-state index in [0.29, 0.717) is 37.8 Å². The van der Waals surface area contributed by atoms with E-state index in [1.54, 1.807) is 4.90 Å². The molecule has 9 heteroatoms. The Morgan fingerprint density at radius 1 is 0.938 bits per heavy atom. The molecule has 182 valence electrons. The fraction of sp³-hybridized carbons (Fsp3) is 0.870. The van der Waals surface area contributed by atoms with E-state index in [0.717, 1.165) is 45.1 Å². The summed E-state index contributed by atoms with van der Waals surface area (Å²) in [6.45, 7) is 1.79. The molecule has 2 aliphatic carbocycles. The van der Waals surface area contributed by atoms with Crippen LogP contribution in [0.3, 0.4) is 0 Å². The normalized spacial score (nSPS) is 28.3. The monoisotopic (exact) mass is 452 g/mol. The molecule has 1 saturated heterocycles. The van der Waals surface area contributed by atoms with Crippen LogP contribution < -0.4 is 11.1 Å². The molecule has 32 heavy (non-hydrogen) atoms. The molecule has 3 fully saturated rings. The van der Waals surface area contributed by atoms with Crippen molar-refractivity contribution in [3.05, 3.63) is 0 Å². The summed E-state index contributed by atoms with van der Waals surface area (Å²) in [6.07, 6.45) is 7.45. The van der Waals surface area contributed by atoms with Crippen molar-refractivity contribution in [2.45, 2.75) is 69.5 Å². The first-order valence-electron chi connectivity index (χ1n) is 12.0. The first-order chi connectivity index (χ1) is 15.5. The van der Waals surface area contributed by atoms with E-state index in [4.69, 9.17) is 15.2 Å². The predicted molar refractivity (Wildman–Crippen MR) is 120 cm³/mol. The van der Waals surface area contributed by atoms with Gasteiger partial charge in [0, 0.05) is 39.4 Å². The van der Waals surface area contributed by atoms with Crippen molar-refractivity contribution >= 4 is 17.7 Å². The van der Waals surface area contributed by atoms with Crippen LogP contribution in [0.4, 0.5) is 0 Å². The Morgan fingerprint density at radius 2 is 1.59 bits per heavy atom. The molecular weight excluding hydrogens is 412 g/mol. The Balaban J connectivity index is 1.64. The molecular formula is C23H40N4O5. The van der Waals surface area contributed by atoms with Gasteiger partial charge >= 0.3 is 0 Å². The molecule has 2 saturated carbocycles. The second-order valence-electron chi connectivity index (χ2n) is 9.55. The van der Waals surface area contributed by atoms with Crippen molar-refractivity contribution < 1.29 is 23.9 Å². The molecule has 0 bridgehead atoms. The summed E-state index contributed by atoms with van der Waals surface area (Å²) in [6, 6.07) is -0.425. The summed E-state index contributed by atoms with van der Waals surface area (Å²) in [4.78, 5) is 42.1. The molecule has 3 rings (SSSR count). The number of rotatable bonds is 10. The maximum Gasteiger partial charge on any atom is 0.249 e. The minimum atomic E-state index is -0.589. The number of ether oxygens (including phenoxy) is 2. The van der Waals surface area contributed by atoms with E-state index in [1.165, 1.54) is 14.2 Å². The Kier molecular flexibility index (Phi) is 9.31. The molecule has 0 aromatic carbocycles. The third-order valence-electron chi connectivity index (χ3n) is 7.22. The van der Waals surface area contributed by atoms with Gasteiger partial charge in [0.05, 0.1) is 0 Å². The van der Waals surface area contributed by atoms with Crippen molar-refractivity contribution in [3.8, 4) is 0 Å². The number of hydrogen-bond donors (Lipinski definition) is 2. The zero-order chi connectivity index (χ0) is 23.1. The topological polar surface area (TPSA) is 114 Å². The highest BCUT2D eigenvalue weighted by Crippen LogP contribution is 2.34. The molecule has 1 unspecified atom stereocenters. The standard InChI is InChI=1S/C23H40N4O5/c1-31-14-21(28)26-10-9-19(27(18-7-8-18)22(29)15-32-2)11-20(26)23(30)25-13-17-5-3-16(12-24)4-6-17/h16-20H,3-15,24H2,1-2H3,(H,25,30)/t16?,17?,19?,20-/m1/s1. The lowest BCUT2D eigenvalue weighted by atomic mass is 9.82. The molecule has 1 heterocycles. The fourth-order valence-electron chi connectivity index (χ4n) is 5.24. The molecule has 0 aromatic rings. The van der Waals surface area contributed by atoms with Gasteiger partial charge in [-0.15, -0.1) is 0 Å². The van der Waals surface area contributed by atoms with Gasteiger partial charge in [-0.2, -0.15) is 0 Å². The van der Waals surface area contributed by atoms with Gasteiger partial charge in [0.2, 0.25) is 17.7 Å². The largest absolute Gasteiger partial charge is 0.375 e. The highest BCUT2D eigenvalue weighted by molar-refractivity contribution is 5.88. The zero-order valence-electron chi connectivity index (χ0n) is 19.6. The molecule has 0 radical (unpaired) electrons.